The molecule has 3 heteroatoms. The van der Waals surface area contributed by atoms with E-state index in [-0.39, 0.29) is 11.8 Å². The first kappa shape index (κ1) is 10.2. The van der Waals surface area contributed by atoms with Gasteiger partial charge in [0.2, 0.25) is 5.91 Å². The molecular weight excluding hydrogens is 140 g/mol. The summed E-state index contributed by atoms with van der Waals surface area (Å²) in [6.07, 6.45) is 3.18. The van der Waals surface area contributed by atoms with Gasteiger partial charge in [-0.05, 0) is 19.4 Å². The number of carbonyl (C=O) groups excluding carboxylic acids is 1. The highest BCUT2D eigenvalue weighted by Gasteiger charge is 2.13. The molecule has 0 radical (unpaired) electrons. The molecule has 64 valence electrons. The molecule has 3 N–H and O–H groups in total. The van der Waals surface area contributed by atoms with E-state index in [0.29, 0.717) is 13.0 Å². The van der Waals surface area contributed by atoms with Crippen molar-refractivity contribution in [2.75, 3.05) is 13.6 Å². The zero-order valence-electron chi connectivity index (χ0n) is 6.97. The van der Waals surface area contributed by atoms with Crippen LogP contribution in [0.25, 0.3) is 0 Å². The van der Waals surface area contributed by atoms with Crippen molar-refractivity contribution >= 4 is 5.91 Å². The molecule has 0 spiro atoms. The lowest BCUT2D eigenvalue weighted by molar-refractivity contribution is -0.124. The van der Waals surface area contributed by atoms with Gasteiger partial charge < -0.3 is 11.1 Å². The first-order valence-corrected chi connectivity index (χ1v) is 3.78. The SMILES string of the molecule is C=CC[C@@H](CCN)C(=O)NC. The van der Waals surface area contributed by atoms with Crippen molar-refractivity contribution in [1.29, 1.82) is 0 Å². The topological polar surface area (TPSA) is 55.1 Å². The summed E-state index contributed by atoms with van der Waals surface area (Å²) >= 11 is 0. The van der Waals surface area contributed by atoms with Gasteiger partial charge in [-0.2, -0.15) is 0 Å². The highest BCUT2D eigenvalue weighted by atomic mass is 16.1. The third kappa shape index (κ3) is 3.78. The number of carbonyl (C=O) groups is 1. The van der Waals surface area contributed by atoms with E-state index < -0.39 is 0 Å². The molecule has 3 nitrogen and oxygen atoms in total. The Hall–Kier alpha value is -0.830. The van der Waals surface area contributed by atoms with E-state index in [0.717, 1.165) is 6.42 Å². The molecule has 0 aromatic rings. The average Bonchev–Trinajstić information content (AvgIpc) is 2.03. The summed E-state index contributed by atoms with van der Waals surface area (Å²) in [4.78, 5) is 11.1. The fourth-order valence-corrected chi connectivity index (χ4v) is 0.962. The predicted octanol–water partition coefficient (Wildman–Crippen LogP) is 0.273. The van der Waals surface area contributed by atoms with Crippen LogP contribution in [0.1, 0.15) is 12.8 Å². The molecule has 0 aliphatic rings. The monoisotopic (exact) mass is 156 g/mol. The Bertz CT molecular complexity index is 134. The van der Waals surface area contributed by atoms with Gasteiger partial charge in [0, 0.05) is 13.0 Å². The lowest BCUT2D eigenvalue weighted by Gasteiger charge is -2.10. The molecule has 0 aliphatic carbocycles. The van der Waals surface area contributed by atoms with Crippen LogP contribution in [0.4, 0.5) is 0 Å². The van der Waals surface area contributed by atoms with Crippen molar-refractivity contribution in [1.82, 2.24) is 5.32 Å². The number of rotatable bonds is 5. The van der Waals surface area contributed by atoms with Gasteiger partial charge in [-0.1, -0.05) is 6.08 Å². The van der Waals surface area contributed by atoms with Crippen molar-refractivity contribution in [2.24, 2.45) is 11.7 Å². The van der Waals surface area contributed by atoms with Crippen molar-refractivity contribution < 1.29 is 4.79 Å². The third-order valence-corrected chi connectivity index (χ3v) is 1.58. The number of nitrogens with one attached hydrogen (secondary N) is 1. The van der Waals surface area contributed by atoms with Crippen LogP contribution in [0.2, 0.25) is 0 Å². The van der Waals surface area contributed by atoms with Crippen LogP contribution >= 0.6 is 0 Å². The Morgan fingerprint density at radius 1 is 1.82 bits per heavy atom. The number of hydrogen-bond acceptors (Lipinski definition) is 2. The molecule has 0 fully saturated rings. The van der Waals surface area contributed by atoms with Gasteiger partial charge in [0.25, 0.3) is 0 Å². The average molecular weight is 156 g/mol. The Kier molecular flexibility index (Phi) is 5.47. The summed E-state index contributed by atoms with van der Waals surface area (Å²) in [6.45, 7) is 4.13. The van der Waals surface area contributed by atoms with Crippen molar-refractivity contribution in [2.45, 2.75) is 12.8 Å². The van der Waals surface area contributed by atoms with E-state index in [1.54, 1.807) is 13.1 Å². The quantitative estimate of drug-likeness (QED) is 0.561. The minimum absolute atomic E-state index is 0.00231. The minimum atomic E-state index is 0.00231. The number of hydrogen-bond donors (Lipinski definition) is 2. The van der Waals surface area contributed by atoms with Crippen molar-refractivity contribution in [3.63, 3.8) is 0 Å². The molecule has 0 rings (SSSR count). The van der Waals surface area contributed by atoms with Crippen LogP contribution in [-0.2, 0) is 4.79 Å². The van der Waals surface area contributed by atoms with Crippen LogP contribution in [0.15, 0.2) is 12.7 Å². The van der Waals surface area contributed by atoms with Crippen molar-refractivity contribution in [3.8, 4) is 0 Å². The van der Waals surface area contributed by atoms with Crippen LogP contribution < -0.4 is 11.1 Å². The lowest BCUT2D eigenvalue weighted by atomic mass is 10.0. The normalized spacial score (nSPS) is 12.2. The van der Waals surface area contributed by atoms with Gasteiger partial charge in [0.15, 0.2) is 0 Å². The fourth-order valence-electron chi connectivity index (χ4n) is 0.962. The van der Waals surface area contributed by atoms with Gasteiger partial charge in [-0.25, -0.2) is 0 Å². The van der Waals surface area contributed by atoms with E-state index in [1.165, 1.54) is 0 Å². The molecule has 0 aliphatic heterocycles. The fraction of sp³-hybridized carbons (Fsp3) is 0.625. The maximum Gasteiger partial charge on any atom is 0.223 e. The van der Waals surface area contributed by atoms with Crippen LogP contribution in [0, 0.1) is 5.92 Å². The molecule has 0 unspecified atom stereocenters. The van der Waals surface area contributed by atoms with Gasteiger partial charge in [-0.3, -0.25) is 4.79 Å². The van der Waals surface area contributed by atoms with Gasteiger partial charge in [0.05, 0.1) is 0 Å². The van der Waals surface area contributed by atoms with E-state index in [2.05, 4.69) is 11.9 Å². The molecule has 1 atom stereocenters. The zero-order chi connectivity index (χ0) is 8.69. The standard InChI is InChI=1S/C8H16N2O/c1-3-4-7(5-6-9)8(11)10-2/h3,7H,1,4-6,9H2,2H3,(H,10,11)/t7-/m0/s1. The molecular formula is C8H16N2O. The van der Waals surface area contributed by atoms with Crippen LogP contribution in [0.5, 0.6) is 0 Å². The number of nitrogens with two attached hydrogens (primary N) is 1. The molecule has 0 aromatic heterocycles. The maximum absolute atomic E-state index is 11.1. The summed E-state index contributed by atoms with van der Waals surface area (Å²) in [5.74, 6) is 0.0536. The molecule has 0 aromatic carbocycles. The Labute approximate surface area is 67.7 Å². The van der Waals surface area contributed by atoms with Gasteiger partial charge >= 0.3 is 0 Å². The second kappa shape index (κ2) is 5.92. The first-order chi connectivity index (χ1) is 5.26. The van der Waals surface area contributed by atoms with Crippen LogP contribution in [-0.4, -0.2) is 19.5 Å². The zero-order valence-corrected chi connectivity index (χ0v) is 6.97. The maximum atomic E-state index is 11.1. The highest BCUT2D eigenvalue weighted by molar-refractivity contribution is 5.78. The predicted molar refractivity (Wildman–Crippen MR) is 46.0 cm³/mol. The van der Waals surface area contributed by atoms with E-state index in [9.17, 15) is 4.79 Å². The number of allylic oxidation sites excluding steroid dienone is 1. The summed E-state index contributed by atoms with van der Waals surface area (Å²) in [7, 11) is 1.63. The second-order valence-electron chi connectivity index (χ2n) is 2.41. The van der Waals surface area contributed by atoms with E-state index in [4.69, 9.17) is 5.73 Å². The van der Waals surface area contributed by atoms with Gasteiger partial charge in [0.1, 0.15) is 0 Å². The van der Waals surface area contributed by atoms with E-state index in [1.807, 2.05) is 0 Å². The smallest absolute Gasteiger partial charge is 0.223 e. The summed E-state index contributed by atoms with van der Waals surface area (Å²) in [5, 5.41) is 2.59. The van der Waals surface area contributed by atoms with E-state index >= 15 is 0 Å². The Morgan fingerprint density at radius 3 is 2.82 bits per heavy atom. The minimum Gasteiger partial charge on any atom is -0.359 e. The lowest BCUT2D eigenvalue weighted by Crippen LogP contribution is -2.28. The molecule has 0 saturated carbocycles. The third-order valence-electron chi connectivity index (χ3n) is 1.58. The number of amides is 1. The van der Waals surface area contributed by atoms with Crippen molar-refractivity contribution in [3.05, 3.63) is 12.7 Å². The first-order valence-electron chi connectivity index (χ1n) is 3.78. The molecule has 0 heterocycles. The molecule has 1 amide bonds. The molecule has 0 saturated heterocycles. The van der Waals surface area contributed by atoms with Crippen LogP contribution in [0.3, 0.4) is 0 Å². The summed E-state index contributed by atoms with van der Waals surface area (Å²) < 4.78 is 0. The second-order valence-corrected chi connectivity index (χ2v) is 2.41. The largest absolute Gasteiger partial charge is 0.359 e. The Morgan fingerprint density at radius 2 is 2.45 bits per heavy atom. The summed E-state index contributed by atoms with van der Waals surface area (Å²) in [5.41, 5.74) is 5.34. The molecule has 0 bridgehead atoms. The molecule has 11 heavy (non-hydrogen) atoms. The Balaban J connectivity index is 3.86. The summed E-state index contributed by atoms with van der Waals surface area (Å²) in [6, 6.07) is 0. The van der Waals surface area contributed by atoms with Gasteiger partial charge in [-0.15, -0.1) is 6.58 Å². The highest BCUT2D eigenvalue weighted by Crippen LogP contribution is 2.07.